The number of halogens is 1. The predicted octanol–water partition coefficient (Wildman–Crippen LogP) is 4.43. The van der Waals surface area contributed by atoms with Gasteiger partial charge in [0, 0.05) is 24.5 Å². The first-order chi connectivity index (χ1) is 13.2. The van der Waals surface area contributed by atoms with Crippen molar-refractivity contribution in [2.24, 2.45) is 0 Å². The normalized spacial score (nSPS) is 12.8. The quantitative estimate of drug-likeness (QED) is 0.515. The molecule has 28 heavy (non-hydrogen) atoms. The average molecular weight is 398 g/mol. The van der Waals surface area contributed by atoms with Crippen LogP contribution in [0.2, 0.25) is 5.15 Å². The van der Waals surface area contributed by atoms with Gasteiger partial charge in [0.25, 0.3) is 0 Å². The number of anilines is 1. The molecule has 0 saturated carbocycles. The Morgan fingerprint density at radius 1 is 0.857 bits per heavy atom. The number of rotatable bonds is 4. The van der Waals surface area contributed by atoms with E-state index in [1.807, 2.05) is 12.3 Å². The van der Waals surface area contributed by atoms with Gasteiger partial charge in [0.1, 0.15) is 34.9 Å². The van der Waals surface area contributed by atoms with E-state index in [-0.39, 0.29) is 11.1 Å². The van der Waals surface area contributed by atoms with Gasteiger partial charge < -0.3 is 14.5 Å². The first-order valence-electron chi connectivity index (χ1n) is 9.23. The van der Waals surface area contributed by atoms with E-state index in [9.17, 15) is 0 Å². The van der Waals surface area contributed by atoms with E-state index in [1.165, 1.54) is 6.33 Å². The van der Waals surface area contributed by atoms with Crippen LogP contribution in [0.15, 0.2) is 37.2 Å². The minimum atomic E-state index is -0.261. The molecule has 8 heteroatoms. The fraction of sp³-hybridized carbons (Fsp3) is 0.400. The molecule has 0 saturated heterocycles. The van der Waals surface area contributed by atoms with Gasteiger partial charge in [0.05, 0.1) is 16.3 Å². The number of aromatic nitrogens is 6. The molecule has 0 aliphatic heterocycles. The summed E-state index contributed by atoms with van der Waals surface area (Å²) in [6.45, 7) is 11.4. The standard InChI is InChI=1S/C20H24ClN7/c1-19(2,3)27-8-7-14-16(24-12-26-18(14)27)22-10-20(4,5)28-9-6-13-15(21)23-11-25-17(13)28/h6-9,11-12H,10H2,1-5H3,(H,22,24,26). The highest BCUT2D eigenvalue weighted by Crippen LogP contribution is 2.29. The lowest BCUT2D eigenvalue weighted by Gasteiger charge is -2.28. The maximum Gasteiger partial charge on any atom is 0.145 e. The summed E-state index contributed by atoms with van der Waals surface area (Å²) in [4.78, 5) is 17.4. The van der Waals surface area contributed by atoms with Gasteiger partial charge in [-0.15, -0.1) is 0 Å². The van der Waals surface area contributed by atoms with Crippen LogP contribution in [-0.2, 0) is 11.1 Å². The van der Waals surface area contributed by atoms with Gasteiger partial charge in [-0.2, -0.15) is 0 Å². The Labute approximate surface area is 168 Å². The molecule has 0 fully saturated rings. The Balaban J connectivity index is 1.65. The first-order valence-corrected chi connectivity index (χ1v) is 9.61. The van der Waals surface area contributed by atoms with E-state index < -0.39 is 0 Å². The monoisotopic (exact) mass is 397 g/mol. The van der Waals surface area contributed by atoms with Crippen LogP contribution < -0.4 is 5.32 Å². The van der Waals surface area contributed by atoms with Crippen LogP contribution in [0.5, 0.6) is 0 Å². The van der Waals surface area contributed by atoms with Gasteiger partial charge in [0.2, 0.25) is 0 Å². The van der Waals surface area contributed by atoms with E-state index in [0.29, 0.717) is 11.7 Å². The van der Waals surface area contributed by atoms with Crippen LogP contribution in [0.4, 0.5) is 5.82 Å². The second-order valence-electron chi connectivity index (χ2n) is 8.57. The minimum absolute atomic E-state index is 0.0460. The van der Waals surface area contributed by atoms with E-state index in [0.717, 1.165) is 27.9 Å². The summed E-state index contributed by atoms with van der Waals surface area (Å²) >= 11 is 6.20. The summed E-state index contributed by atoms with van der Waals surface area (Å²) in [5, 5.41) is 5.83. The number of nitrogens with one attached hydrogen (secondary N) is 1. The summed E-state index contributed by atoms with van der Waals surface area (Å²) in [5.41, 5.74) is 1.44. The third-order valence-corrected chi connectivity index (χ3v) is 5.28. The van der Waals surface area contributed by atoms with E-state index in [4.69, 9.17) is 11.6 Å². The van der Waals surface area contributed by atoms with Crippen LogP contribution in [0.3, 0.4) is 0 Å². The van der Waals surface area contributed by atoms with Crippen molar-refractivity contribution in [3.8, 4) is 0 Å². The SMILES string of the molecule is CC(C)(C)n1ccc2c(NCC(C)(C)n3ccc4c(Cl)ncnc43)ncnc21. The molecular formula is C20H24ClN7. The Morgan fingerprint density at radius 2 is 1.46 bits per heavy atom. The topological polar surface area (TPSA) is 73.5 Å². The van der Waals surface area contributed by atoms with Crippen LogP contribution in [0.25, 0.3) is 22.1 Å². The lowest BCUT2D eigenvalue weighted by molar-refractivity contribution is 0.388. The number of nitrogens with zero attached hydrogens (tertiary/aromatic N) is 6. The summed E-state index contributed by atoms with van der Waals surface area (Å²) in [5.74, 6) is 0.824. The molecule has 0 aromatic carbocycles. The van der Waals surface area contributed by atoms with Crippen molar-refractivity contribution in [1.82, 2.24) is 29.1 Å². The van der Waals surface area contributed by atoms with Crippen molar-refractivity contribution in [1.29, 1.82) is 0 Å². The lowest BCUT2D eigenvalue weighted by Crippen LogP contribution is -2.34. The largest absolute Gasteiger partial charge is 0.367 e. The molecule has 0 bridgehead atoms. The van der Waals surface area contributed by atoms with Gasteiger partial charge in [-0.05, 0) is 46.8 Å². The molecule has 0 atom stereocenters. The van der Waals surface area contributed by atoms with Gasteiger partial charge in [0.15, 0.2) is 0 Å². The molecule has 0 spiro atoms. The molecule has 1 N–H and O–H groups in total. The van der Waals surface area contributed by atoms with Crippen molar-refractivity contribution >= 4 is 39.5 Å². The van der Waals surface area contributed by atoms with Crippen LogP contribution in [0, 0.1) is 0 Å². The first kappa shape index (κ1) is 18.7. The molecule has 0 radical (unpaired) electrons. The van der Waals surface area contributed by atoms with Crippen molar-refractivity contribution in [2.45, 2.75) is 45.7 Å². The molecule has 146 valence electrons. The molecule has 4 heterocycles. The highest BCUT2D eigenvalue weighted by atomic mass is 35.5. The van der Waals surface area contributed by atoms with Gasteiger partial charge in [-0.25, -0.2) is 19.9 Å². The summed E-state index contributed by atoms with van der Waals surface area (Å²) < 4.78 is 4.28. The predicted molar refractivity (Wildman–Crippen MR) is 113 cm³/mol. The third-order valence-electron chi connectivity index (χ3n) is 4.98. The average Bonchev–Trinajstić information content (AvgIpc) is 3.25. The van der Waals surface area contributed by atoms with Crippen LogP contribution in [0.1, 0.15) is 34.6 Å². The Hall–Kier alpha value is -2.67. The molecule has 0 amide bonds. The zero-order chi connectivity index (χ0) is 20.1. The highest BCUT2D eigenvalue weighted by molar-refractivity contribution is 6.33. The smallest absolute Gasteiger partial charge is 0.145 e. The molecule has 0 aliphatic carbocycles. The molecular weight excluding hydrogens is 374 g/mol. The number of fused-ring (bicyclic) bond motifs is 2. The van der Waals surface area contributed by atoms with Crippen molar-refractivity contribution in [3.05, 3.63) is 42.3 Å². The summed E-state index contributed by atoms with van der Waals surface area (Å²) in [6.07, 6.45) is 7.17. The minimum Gasteiger partial charge on any atom is -0.367 e. The highest BCUT2D eigenvalue weighted by Gasteiger charge is 2.24. The number of hydrogen-bond acceptors (Lipinski definition) is 5. The number of hydrogen-bond donors (Lipinski definition) is 1. The van der Waals surface area contributed by atoms with E-state index in [2.05, 4.69) is 81.3 Å². The van der Waals surface area contributed by atoms with Gasteiger partial charge in [-0.1, -0.05) is 11.6 Å². The zero-order valence-corrected chi connectivity index (χ0v) is 17.5. The summed E-state index contributed by atoms with van der Waals surface area (Å²) in [7, 11) is 0. The van der Waals surface area contributed by atoms with Crippen LogP contribution in [-0.4, -0.2) is 35.6 Å². The molecule has 0 aliphatic rings. The molecule has 4 aromatic rings. The zero-order valence-electron chi connectivity index (χ0n) is 16.7. The van der Waals surface area contributed by atoms with Crippen molar-refractivity contribution in [2.75, 3.05) is 11.9 Å². The maximum atomic E-state index is 6.20. The van der Waals surface area contributed by atoms with Gasteiger partial charge >= 0.3 is 0 Å². The Morgan fingerprint density at radius 3 is 2.18 bits per heavy atom. The Kier molecular flexibility index (Phi) is 4.30. The van der Waals surface area contributed by atoms with Gasteiger partial charge in [-0.3, -0.25) is 0 Å². The third kappa shape index (κ3) is 3.09. The summed E-state index contributed by atoms with van der Waals surface area (Å²) in [6, 6.07) is 4.01. The second-order valence-corrected chi connectivity index (χ2v) is 8.93. The second kappa shape index (κ2) is 6.44. The fourth-order valence-corrected chi connectivity index (χ4v) is 3.62. The van der Waals surface area contributed by atoms with Crippen molar-refractivity contribution < 1.29 is 0 Å². The molecule has 0 unspecified atom stereocenters. The Bertz CT molecular complexity index is 1150. The van der Waals surface area contributed by atoms with E-state index >= 15 is 0 Å². The van der Waals surface area contributed by atoms with E-state index in [1.54, 1.807) is 6.33 Å². The maximum absolute atomic E-state index is 6.20. The molecule has 4 aromatic heterocycles. The molecule has 4 rings (SSSR count). The van der Waals surface area contributed by atoms with Crippen molar-refractivity contribution in [3.63, 3.8) is 0 Å². The van der Waals surface area contributed by atoms with Crippen LogP contribution >= 0.6 is 11.6 Å². The fourth-order valence-electron chi connectivity index (χ4n) is 3.43. The lowest BCUT2D eigenvalue weighted by atomic mass is 10.1. The molecule has 7 nitrogen and oxygen atoms in total.